The summed E-state index contributed by atoms with van der Waals surface area (Å²) >= 11 is 0. The zero-order valence-corrected chi connectivity index (χ0v) is 47.1. The predicted molar refractivity (Wildman–Crippen MR) is 316 cm³/mol. The smallest absolute Gasteiger partial charge is 0.310 e. The summed E-state index contributed by atoms with van der Waals surface area (Å²) in [6, 6.07) is 0. The highest BCUT2D eigenvalue weighted by atomic mass is 16.6. The van der Waals surface area contributed by atoms with Gasteiger partial charge in [-0.15, -0.1) is 0 Å². The number of esters is 3. The molecule has 0 aliphatic rings. The maximum Gasteiger partial charge on any atom is 0.310 e. The third kappa shape index (κ3) is 58.3. The lowest BCUT2D eigenvalue weighted by Crippen LogP contribution is -2.30. The van der Waals surface area contributed by atoms with Gasteiger partial charge < -0.3 is 14.2 Å². The number of allylic oxidation sites excluding steroid dienone is 21. The van der Waals surface area contributed by atoms with E-state index < -0.39 is 12.1 Å². The van der Waals surface area contributed by atoms with Gasteiger partial charge in [-0.05, 0) is 103 Å². The Bertz CT molecular complexity index is 1580. The van der Waals surface area contributed by atoms with E-state index in [1.807, 2.05) is 18.2 Å². The minimum Gasteiger partial charge on any atom is -0.462 e. The van der Waals surface area contributed by atoms with Crippen LogP contribution in [0, 0.1) is 0 Å². The van der Waals surface area contributed by atoms with E-state index in [1.165, 1.54) is 122 Å². The van der Waals surface area contributed by atoms with E-state index in [2.05, 4.69) is 130 Å². The predicted octanol–water partition coefficient (Wildman–Crippen LogP) is 20.2. The molecule has 0 aromatic carbocycles. The minimum absolute atomic E-state index is 0.0779. The molecule has 0 saturated heterocycles. The quantitative estimate of drug-likeness (QED) is 0.0261. The number of rotatable bonds is 52. The van der Waals surface area contributed by atoms with Crippen molar-refractivity contribution in [2.24, 2.45) is 0 Å². The molecule has 0 N–H and O–H groups in total. The van der Waals surface area contributed by atoms with Crippen molar-refractivity contribution >= 4 is 17.9 Å². The molecule has 0 fully saturated rings. The highest BCUT2D eigenvalue weighted by Crippen LogP contribution is 2.15. The Morgan fingerprint density at radius 1 is 0.301 bits per heavy atom. The Balaban J connectivity index is 4.38. The number of hydrogen-bond acceptors (Lipinski definition) is 6. The van der Waals surface area contributed by atoms with Gasteiger partial charge in [0.15, 0.2) is 6.10 Å². The normalized spacial score (nSPS) is 13.1. The van der Waals surface area contributed by atoms with Crippen LogP contribution in [-0.2, 0) is 28.6 Å². The average molecular weight is 1010 g/mol. The Labute approximate surface area is 449 Å². The lowest BCUT2D eigenvalue weighted by atomic mass is 10.0. The molecule has 1 unspecified atom stereocenters. The topological polar surface area (TPSA) is 78.9 Å². The Hall–Kier alpha value is -4.45. The SMILES string of the molecule is CC/C=C\C/C=C\C/C=C\C/C=C\C/C=C\CC(=O)OC(COC(=O)CC/C=C\C/C=C\C/C=C\C/C=C\CC)COC(=O)CCCCCCCCCCCCCCCCC/C=C\C/C=C\CCCCCCC. The van der Waals surface area contributed by atoms with E-state index >= 15 is 0 Å². The van der Waals surface area contributed by atoms with Gasteiger partial charge in [-0.2, -0.15) is 0 Å². The summed E-state index contributed by atoms with van der Waals surface area (Å²) in [6.45, 7) is 6.25. The molecule has 0 aromatic rings. The molecular weight excluding hydrogens is 901 g/mol. The van der Waals surface area contributed by atoms with E-state index in [0.717, 1.165) is 77.0 Å². The maximum atomic E-state index is 12.8. The van der Waals surface area contributed by atoms with Crippen molar-refractivity contribution in [2.75, 3.05) is 13.2 Å². The summed E-state index contributed by atoms with van der Waals surface area (Å²) in [6.07, 6.45) is 85.1. The molecule has 0 radical (unpaired) electrons. The fraction of sp³-hybridized carbons (Fsp3) is 0.627. The highest BCUT2D eigenvalue weighted by molar-refractivity contribution is 5.72. The molecule has 6 heteroatoms. The summed E-state index contributed by atoms with van der Waals surface area (Å²) in [4.78, 5) is 38.0. The van der Waals surface area contributed by atoms with Crippen LogP contribution >= 0.6 is 0 Å². The standard InChI is InChI=1S/C67H108O6/c1-4-7-10-13-16-19-22-25-27-28-29-30-31-32-33-34-35-36-37-38-40-42-45-48-51-54-57-60-66(69)72-63-64(62-71-65(68)59-56-53-50-47-44-41-24-21-18-15-12-9-6-3)73-67(70)61-58-55-52-49-46-43-39-26-23-20-17-14-11-8-5-2/h8-9,11-12,17-18,20-22,25-26,28-29,39,41,44,46,49-50,53,55,58,64H,4-7,10,13-16,19,23-24,27,30-38,40,42-43,45,47-48,51-52,54,56-57,59-63H2,1-3H3/b11-8-,12-9-,20-17-,21-18-,25-22-,29-28-,39-26-,44-41-,49-46-,53-50-,58-55-. The first-order valence-electron chi connectivity index (χ1n) is 29.7. The molecule has 0 aromatic heterocycles. The lowest BCUT2D eigenvalue weighted by Gasteiger charge is -2.18. The van der Waals surface area contributed by atoms with Crippen LogP contribution in [0.25, 0.3) is 0 Å². The van der Waals surface area contributed by atoms with Gasteiger partial charge >= 0.3 is 17.9 Å². The largest absolute Gasteiger partial charge is 0.462 e. The van der Waals surface area contributed by atoms with Gasteiger partial charge in [0.25, 0.3) is 0 Å². The molecule has 0 rings (SSSR count). The van der Waals surface area contributed by atoms with Crippen LogP contribution < -0.4 is 0 Å². The summed E-state index contributed by atoms with van der Waals surface area (Å²) in [7, 11) is 0. The van der Waals surface area contributed by atoms with E-state index in [0.29, 0.717) is 19.3 Å². The highest BCUT2D eigenvalue weighted by Gasteiger charge is 2.19. The second-order valence-electron chi connectivity index (χ2n) is 19.2. The summed E-state index contributed by atoms with van der Waals surface area (Å²) < 4.78 is 16.7. The van der Waals surface area contributed by atoms with Gasteiger partial charge in [-0.25, -0.2) is 0 Å². The van der Waals surface area contributed by atoms with Crippen LogP contribution in [0.5, 0.6) is 0 Å². The zero-order valence-electron chi connectivity index (χ0n) is 47.1. The number of unbranched alkanes of at least 4 members (excludes halogenated alkanes) is 20. The third-order valence-corrected chi connectivity index (χ3v) is 12.2. The van der Waals surface area contributed by atoms with Crippen molar-refractivity contribution in [2.45, 2.75) is 258 Å². The Morgan fingerprint density at radius 3 is 0.986 bits per heavy atom. The Morgan fingerprint density at radius 2 is 0.603 bits per heavy atom. The first-order valence-corrected chi connectivity index (χ1v) is 29.7. The summed E-state index contributed by atoms with van der Waals surface area (Å²) in [5.41, 5.74) is 0. The number of hydrogen-bond donors (Lipinski definition) is 0. The van der Waals surface area contributed by atoms with Gasteiger partial charge in [-0.1, -0.05) is 264 Å². The molecule has 6 nitrogen and oxygen atoms in total. The van der Waals surface area contributed by atoms with Gasteiger partial charge in [0.05, 0.1) is 6.42 Å². The fourth-order valence-corrected chi connectivity index (χ4v) is 7.80. The molecule has 0 heterocycles. The molecule has 0 aliphatic heterocycles. The van der Waals surface area contributed by atoms with Crippen LogP contribution in [0.2, 0.25) is 0 Å². The van der Waals surface area contributed by atoms with E-state index in [-0.39, 0.29) is 38.0 Å². The fourth-order valence-electron chi connectivity index (χ4n) is 7.80. The number of carbonyl (C=O) groups excluding carboxylic acids is 3. The van der Waals surface area contributed by atoms with Crippen LogP contribution in [0.1, 0.15) is 252 Å². The van der Waals surface area contributed by atoms with Gasteiger partial charge in [0, 0.05) is 12.8 Å². The average Bonchev–Trinajstić information content (AvgIpc) is 3.39. The summed E-state index contributed by atoms with van der Waals surface area (Å²) in [5, 5.41) is 0. The second kappa shape index (κ2) is 60.1. The van der Waals surface area contributed by atoms with Gasteiger partial charge in [0.1, 0.15) is 13.2 Å². The van der Waals surface area contributed by atoms with E-state index in [9.17, 15) is 14.4 Å². The molecule has 73 heavy (non-hydrogen) atoms. The summed E-state index contributed by atoms with van der Waals surface area (Å²) in [5.74, 6) is -1.16. The first kappa shape index (κ1) is 68.6. The van der Waals surface area contributed by atoms with Crippen molar-refractivity contribution < 1.29 is 28.6 Å². The second-order valence-corrected chi connectivity index (χ2v) is 19.2. The molecule has 1 atom stereocenters. The number of carbonyl (C=O) groups is 3. The van der Waals surface area contributed by atoms with Crippen molar-refractivity contribution in [3.8, 4) is 0 Å². The monoisotopic (exact) mass is 1010 g/mol. The maximum absolute atomic E-state index is 12.8. The van der Waals surface area contributed by atoms with Crippen molar-refractivity contribution in [1.82, 2.24) is 0 Å². The van der Waals surface area contributed by atoms with E-state index in [1.54, 1.807) is 6.08 Å². The van der Waals surface area contributed by atoms with Gasteiger partial charge in [0.2, 0.25) is 0 Å². The van der Waals surface area contributed by atoms with E-state index in [4.69, 9.17) is 14.2 Å². The third-order valence-electron chi connectivity index (χ3n) is 12.2. The van der Waals surface area contributed by atoms with Crippen LogP contribution in [0.4, 0.5) is 0 Å². The molecule has 0 amide bonds. The van der Waals surface area contributed by atoms with Crippen LogP contribution in [-0.4, -0.2) is 37.2 Å². The molecular formula is C67H108O6. The number of ether oxygens (including phenoxy) is 3. The van der Waals surface area contributed by atoms with Gasteiger partial charge in [-0.3, -0.25) is 14.4 Å². The molecule has 0 aliphatic carbocycles. The van der Waals surface area contributed by atoms with Crippen LogP contribution in [0.15, 0.2) is 134 Å². The first-order chi connectivity index (χ1) is 36.0. The minimum atomic E-state index is -0.865. The van der Waals surface area contributed by atoms with Crippen molar-refractivity contribution in [3.05, 3.63) is 134 Å². The molecule has 0 bridgehead atoms. The van der Waals surface area contributed by atoms with Crippen molar-refractivity contribution in [3.63, 3.8) is 0 Å². The van der Waals surface area contributed by atoms with Crippen LogP contribution in [0.3, 0.4) is 0 Å². The molecule has 0 spiro atoms. The Kier molecular flexibility index (Phi) is 56.4. The molecule has 412 valence electrons. The van der Waals surface area contributed by atoms with Crippen molar-refractivity contribution in [1.29, 1.82) is 0 Å². The molecule has 0 saturated carbocycles. The lowest BCUT2D eigenvalue weighted by molar-refractivity contribution is -0.166. The zero-order chi connectivity index (χ0) is 52.9.